The van der Waals surface area contributed by atoms with E-state index in [9.17, 15) is 9.59 Å². The molecule has 0 unspecified atom stereocenters. The number of nitrogens with zero attached hydrogens (tertiary/aromatic N) is 2. The Morgan fingerprint density at radius 3 is 2.39 bits per heavy atom. The zero-order chi connectivity index (χ0) is 28.4. The fraction of sp³-hybridized carbons (Fsp3) is 0.182. The van der Waals surface area contributed by atoms with Crippen LogP contribution < -0.4 is 9.64 Å². The van der Waals surface area contributed by atoms with Crippen LogP contribution in [0.3, 0.4) is 0 Å². The number of anilines is 1. The average molecular weight is 611 g/mol. The van der Waals surface area contributed by atoms with Crippen molar-refractivity contribution in [2.45, 2.75) is 24.5 Å². The van der Waals surface area contributed by atoms with Crippen molar-refractivity contribution in [2.75, 3.05) is 18.1 Å². The SMILES string of the molecule is O=C(c1ccccc1)N1C(=O)[C@]2(Cc3ccc(Br)cc3)N=C(c3ccc(OCCCO)cc3)O[C@@H]2c2ccccc21. The number of carbonyl (C=O) groups excluding carboxylic acids is 2. The van der Waals surface area contributed by atoms with Gasteiger partial charge in [-0.2, -0.15) is 0 Å². The maximum Gasteiger partial charge on any atom is 0.266 e. The smallest absolute Gasteiger partial charge is 0.266 e. The van der Waals surface area contributed by atoms with Gasteiger partial charge in [-0.1, -0.05) is 64.5 Å². The number of para-hydroxylation sites is 1. The van der Waals surface area contributed by atoms with E-state index in [2.05, 4.69) is 15.9 Å². The van der Waals surface area contributed by atoms with Crippen LogP contribution in [0.15, 0.2) is 113 Å². The van der Waals surface area contributed by atoms with E-state index in [1.54, 1.807) is 30.3 Å². The Kier molecular flexibility index (Phi) is 7.43. The molecule has 4 aromatic carbocycles. The van der Waals surface area contributed by atoms with E-state index >= 15 is 0 Å². The zero-order valence-electron chi connectivity index (χ0n) is 22.1. The number of aliphatic hydroxyl groups is 1. The first-order valence-corrected chi connectivity index (χ1v) is 14.2. The molecular weight excluding hydrogens is 584 g/mol. The fourth-order valence-electron chi connectivity index (χ4n) is 5.29. The normalized spacial score (nSPS) is 19.2. The van der Waals surface area contributed by atoms with E-state index < -0.39 is 23.5 Å². The maximum absolute atomic E-state index is 14.6. The van der Waals surface area contributed by atoms with Crippen molar-refractivity contribution in [1.29, 1.82) is 0 Å². The molecular formula is C33H27BrN2O5. The summed E-state index contributed by atoms with van der Waals surface area (Å²) in [5, 5.41) is 9.02. The molecule has 0 bridgehead atoms. The monoisotopic (exact) mass is 610 g/mol. The minimum absolute atomic E-state index is 0.0594. The molecule has 1 N–H and O–H groups in total. The molecule has 7 nitrogen and oxygen atoms in total. The summed E-state index contributed by atoms with van der Waals surface area (Å²) >= 11 is 3.48. The van der Waals surface area contributed by atoms with Gasteiger partial charge in [-0.05, 0) is 60.2 Å². The molecule has 0 saturated heterocycles. The Bertz CT molecular complexity index is 1610. The number of hydrogen-bond acceptors (Lipinski definition) is 6. The first-order chi connectivity index (χ1) is 20.0. The lowest BCUT2D eigenvalue weighted by Gasteiger charge is -2.40. The van der Waals surface area contributed by atoms with Crippen LogP contribution in [0.5, 0.6) is 5.75 Å². The minimum Gasteiger partial charge on any atom is -0.494 e. The van der Waals surface area contributed by atoms with Gasteiger partial charge in [0.15, 0.2) is 11.6 Å². The number of hydrogen-bond donors (Lipinski definition) is 1. The molecule has 0 aromatic heterocycles. The molecule has 0 radical (unpaired) electrons. The second kappa shape index (κ2) is 11.3. The van der Waals surface area contributed by atoms with Gasteiger partial charge in [0.25, 0.3) is 11.8 Å². The van der Waals surface area contributed by atoms with Gasteiger partial charge in [-0.3, -0.25) is 9.59 Å². The summed E-state index contributed by atoms with van der Waals surface area (Å²) in [6, 6.07) is 31.2. The van der Waals surface area contributed by atoms with E-state index in [4.69, 9.17) is 19.6 Å². The van der Waals surface area contributed by atoms with Gasteiger partial charge in [0.1, 0.15) is 5.75 Å². The van der Waals surface area contributed by atoms with E-state index in [0.29, 0.717) is 41.5 Å². The standard InChI is InChI=1S/C33H27BrN2O5/c34-25-15-11-22(12-16-25)21-33-29(41-30(35-33)23-13-17-26(18-14-23)40-20-6-19-37)27-9-4-5-10-28(27)36(32(33)39)31(38)24-7-2-1-3-8-24/h1-5,7-18,29,37H,6,19-21H2/t29-,33-/m1/s1. The summed E-state index contributed by atoms with van der Waals surface area (Å²) in [7, 11) is 0. The second-order valence-corrected chi connectivity index (χ2v) is 10.9. The van der Waals surface area contributed by atoms with Crippen LogP contribution in [-0.4, -0.2) is 41.6 Å². The van der Waals surface area contributed by atoms with Crippen LogP contribution in [0.25, 0.3) is 0 Å². The molecule has 2 atom stereocenters. The van der Waals surface area contributed by atoms with Crippen molar-refractivity contribution in [1.82, 2.24) is 0 Å². The van der Waals surface area contributed by atoms with Crippen LogP contribution >= 0.6 is 15.9 Å². The number of fused-ring (bicyclic) bond motifs is 3. The predicted molar refractivity (Wildman–Crippen MR) is 159 cm³/mol. The highest BCUT2D eigenvalue weighted by atomic mass is 79.9. The third-order valence-corrected chi connectivity index (χ3v) is 7.81. The average Bonchev–Trinajstić information content (AvgIpc) is 3.40. The number of amides is 2. The maximum atomic E-state index is 14.6. The summed E-state index contributed by atoms with van der Waals surface area (Å²) in [5.41, 5.74) is 1.79. The topological polar surface area (TPSA) is 88.4 Å². The minimum atomic E-state index is -1.40. The quantitative estimate of drug-likeness (QED) is 0.198. The highest BCUT2D eigenvalue weighted by Crippen LogP contribution is 2.50. The Morgan fingerprint density at radius 1 is 0.951 bits per heavy atom. The summed E-state index contributed by atoms with van der Waals surface area (Å²) in [5.74, 6) is 0.136. The van der Waals surface area contributed by atoms with Gasteiger partial charge in [-0.15, -0.1) is 0 Å². The van der Waals surface area contributed by atoms with Gasteiger partial charge in [0, 0.05) is 40.6 Å². The lowest BCUT2D eigenvalue weighted by atomic mass is 9.78. The van der Waals surface area contributed by atoms with Crippen LogP contribution in [-0.2, 0) is 16.0 Å². The van der Waals surface area contributed by atoms with Gasteiger partial charge < -0.3 is 14.6 Å². The number of halogens is 1. The summed E-state index contributed by atoms with van der Waals surface area (Å²) in [6.07, 6.45) is 0.0465. The number of carbonyl (C=O) groups is 2. The van der Waals surface area contributed by atoms with Crippen molar-refractivity contribution in [3.05, 3.63) is 130 Å². The molecule has 0 fully saturated rings. The van der Waals surface area contributed by atoms with E-state index in [-0.39, 0.29) is 13.0 Å². The number of aliphatic hydroxyl groups excluding tert-OH is 1. The molecule has 0 spiro atoms. The summed E-state index contributed by atoms with van der Waals surface area (Å²) in [6.45, 7) is 0.464. The Hall–Kier alpha value is -4.27. The van der Waals surface area contributed by atoms with Gasteiger partial charge in [-0.25, -0.2) is 9.89 Å². The molecule has 2 aliphatic heterocycles. The van der Waals surface area contributed by atoms with Crippen molar-refractivity contribution in [2.24, 2.45) is 4.99 Å². The zero-order valence-corrected chi connectivity index (χ0v) is 23.7. The Balaban J connectivity index is 1.46. The van der Waals surface area contributed by atoms with Crippen molar-refractivity contribution < 1.29 is 24.2 Å². The van der Waals surface area contributed by atoms with Gasteiger partial charge >= 0.3 is 0 Å². The molecule has 4 aromatic rings. The molecule has 41 heavy (non-hydrogen) atoms. The first kappa shape index (κ1) is 26.9. The van der Waals surface area contributed by atoms with Gasteiger partial charge in [0.05, 0.1) is 12.3 Å². The van der Waals surface area contributed by atoms with E-state index in [0.717, 1.165) is 15.6 Å². The lowest BCUT2D eigenvalue weighted by molar-refractivity contribution is -0.126. The molecule has 206 valence electrons. The van der Waals surface area contributed by atoms with Crippen molar-refractivity contribution in [3.8, 4) is 5.75 Å². The van der Waals surface area contributed by atoms with Crippen molar-refractivity contribution in [3.63, 3.8) is 0 Å². The Labute approximate surface area is 246 Å². The number of imide groups is 1. The number of aliphatic imine (C=N–C) groups is 1. The summed E-state index contributed by atoms with van der Waals surface area (Å²) in [4.78, 5) is 34.8. The molecule has 8 heteroatoms. The predicted octanol–water partition coefficient (Wildman–Crippen LogP) is 5.90. The fourth-order valence-corrected chi connectivity index (χ4v) is 5.55. The Morgan fingerprint density at radius 2 is 1.66 bits per heavy atom. The highest BCUT2D eigenvalue weighted by molar-refractivity contribution is 9.10. The lowest BCUT2D eigenvalue weighted by Crippen LogP contribution is -2.57. The molecule has 6 rings (SSSR count). The molecule has 0 aliphatic carbocycles. The molecule has 2 amide bonds. The first-order valence-electron chi connectivity index (χ1n) is 13.4. The largest absolute Gasteiger partial charge is 0.494 e. The van der Waals surface area contributed by atoms with Gasteiger partial charge in [0.2, 0.25) is 5.90 Å². The van der Waals surface area contributed by atoms with Crippen LogP contribution in [0.4, 0.5) is 5.69 Å². The van der Waals surface area contributed by atoms with E-state index in [1.807, 2.05) is 72.8 Å². The van der Waals surface area contributed by atoms with Crippen LogP contribution in [0.2, 0.25) is 0 Å². The third-order valence-electron chi connectivity index (χ3n) is 7.28. The molecule has 2 heterocycles. The highest BCUT2D eigenvalue weighted by Gasteiger charge is 2.60. The van der Waals surface area contributed by atoms with Crippen LogP contribution in [0.1, 0.15) is 39.6 Å². The van der Waals surface area contributed by atoms with Crippen molar-refractivity contribution >= 4 is 39.3 Å². The number of ether oxygens (including phenoxy) is 2. The van der Waals surface area contributed by atoms with E-state index in [1.165, 1.54) is 4.90 Å². The summed E-state index contributed by atoms with van der Waals surface area (Å²) < 4.78 is 13.1. The third kappa shape index (κ3) is 5.05. The number of benzene rings is 4. The second-order valence-electron chi connectivity index (χ2n) is 9.96. The van der Waals surface area contributed by atoms with Crippen LogP contribution in [0, 0.1) is 0 Å². The molecule has 0 saturated carbocycles. The molecule has 2 aliphatic rings. The number of rotatable bonds is 8.